The van der Waals surface area contributed by atoms with E-state index in [0.29, 0.717) is 42.0 Å². The average Bonchev–Trinajstić information content (AvgIpc) is 3.45. The van der Waals surface area contributed by atoms with Crippen LogP contribution in [0.3, 0.4) is 0 Å². The number of pyridine rings is 1. The fourth-order valence-electron chi connectivity index (χ4n) is 3.89. The lowest BCUT2D eigenvalue weighted by Gasteiger charge is -2.22. The maximum atomic E-state index is 14.7. The lowest BCUT2D eigenvalue weighted by Crippen LogP contribution is -2.38. The third-order valence-corrected chi connectivity index (χ3v) is 5.47. The van der Waals surface area contributed by atoms with Crippen LogP contribution in [0.2, 0.25) is 0 Å². The summed E-state index contributed by atoms with van der Waals surface area (Å²) in [7, 11) is 0. The van der Waals surface area contributed by atoms with Crippen molar-refractivity contribution in [3.63, 3.8) is 0 Å². The molecule has 3 aromatic heterocycles. The van der Waals surface area contributed by atoms with Crippen LogP contribution in [0.25, 0.3) is 16.7 Å². The fourth-order valence-corrected chi connectivity index (χ4v) is 3.89. The Morgan fingerprint density at radius 3 is 2.84 bits per heavy atom. The summed E-state index contributed by atoms with van der Waals surface area (Å²) >= 11 is 0. The molecule has 1 aromatic carbocycles. The summed E-state index contributed by atoms with van der Waals surface area (Å²) in [5.41, 5.74) is 1.92. The quantitative estimate of drug-likeness (QED) is 0.537. The van der Waals surface area contributed by atoms with Gasteiger partial charge in [0.25, 0.3) is 5.91 Å². The van der Waals surface area contributed by atoms with E-state index >= 15 is 0 Å². The smallest absolute Gasteiger partial charge is 0.253 e. The number of nitrogens with zero attached hydrogens (tertiary/aromatic N) is 5. The van der Waals surface area contributed by atoms with Gasteiger partial charge in [-0.3, -0.25) is 4.79 Å². The average molecular weight is 420 g/mol. The summed E-state index contributed by atoms with van der Waals surface area (Å²) in [6.45, 7) is 1.70. The van der Waals surface area contributed by atoms with Crippen LogP contribution in [0.1, 0.15) is 28.8 Å². The summed E-state index contributed by atoms with van der Waals surface area (Å²) in [4.78, 5) is 21.3. The molecule has 0 atom stereocenters. The highest BCUT2D eigenvalue weighted by Gasteiger charge is 2.22. The van der Waals surface area contributed by atoms with Crippen LogP contribution in [0.4, 0.5) is 4.39 Å². The molecule has 0 unspecified atom stereocenters. The standard InChI is InChI=1S/C22H21FN6O2/c23-18-2-1-3-19-21(18)17(22(30)27-16-6-8-31-9-7-16)12-28(19)11-15-4-5-20(25-10-15)29-14-24-13-26-29/h1-5,10,12-14,16H,6-9,11H2,(H,27,30). The Morgan fingerprint density at radius 1 is 1.23 bits per heavy atom. The minimum atomic E-state index is -0.409. The van der Waals surface area contributed by atoms with Crippen molar-refractivity contribution in [3.8, 4) is 5.82 Å². The maximum Gasteiger partial charge on any atom is 0.253 e. The molecule has 0 aliphatic carbocycles. The number of hydrogen-bond donors (Lipinski definition) is 1. The highest BCUT2D eigenvalue weighted by molar-refractivity contribution is 6.07. The van der Waals surface area contributed by atoms with Gasteiger partial charge in [0.15, 0.2) is 5.82 Å². The van der Waals surface area contributed by atoms with E-state index in [0.717, 1.165) is 18.4 Å². The SMILES string of the molecule is O=C(NC1CCOCC1)c1cn(Cc2ccc(-n3cncn3)nc2)c2cccc(F)c12. The maximum absolute atomic E-state index is 14.7. The van der Waals surface area contributed by atoms with E-state index in [1.54, 1.807) is 29.5 Å². The molecule has 158 valence electrons. The number of ether oxygens (including phenoxy) is 1. The third kappa shape index (κ3) is 3.91. The molecule has 8 nitrogen and oxygen atoms in total. The van der Waals surface area contributed by atoms with Crippen LogP contribution in [0, 0.1) is 5.82 Å². The third-order valence-electron chi connectivity index (χ3n) is 5.47. The van der Waals surface area contributed by atoms with Crippen LogP contribution in [-0.2, 0) is 11.3 Å². The molecule has 9 heteroatoms. The molecule has 5 rings (SSSR count). The van der Waals surface area contributed by atoms with Gasteiger partial charge in [0.2, 0.25) is 0 Å². The van der Waals surface area contributed by atoms with Gasteiger partial charge in [-0.1, -0.05) is 12.1 Å². The minimum Gasteiger partial charge on any atom is -0.381 e. The van der Waals surface area contributed by atoms with Crippen molar-refractivity contribution >= 4 is 16.8 Å². The monoisotopic (exact) mass is 420 g/mol. The number of carbonyl (C=O) groups excluding carboxylic acids is 1. The molecule has 0 saturated carbocycles. The van der Waals surface area contributed by atoms with E-state index in [1.165, 1.54) is 12.4 Å². The number of carbonyl (C=O) groups is 1. The molecule has 31 heavy (non-hydrogen) atoms. The Hall–Kier alpha value is -3.59. The molecule has 0 spiro atoms. The zero-order valence-electron chi connectivity index (χ0n) is 16.7. The van der Waals surface area contributed by atoms with Crippen LogP contribution >= 0.6 is 0 Å². The lowest BCUT2D eigenvalue weighted by molar-refractivity contribution is 0.0697. The van der Waals surface area contributed by atoms with Crippen molar-refractivity contribution in [2.45, 2.75) is 25.4 Å². The van der Waals surface area contributed by atoms with E-state index in [9.17, 15) is 9.18 Å². The minimum absolute atomic E-state index is 0.0416. The van der Waals surface area contributed by atoms with Gasteiger partial charge in [-0.05, 0) is 36.6 Å². The fraction of sp³-hybridized carbons (Fsp3) is 0.273. The van der Waals surface area contributed by atoms with Gasteiger partial charge >= 0.3 is 0 Å². The largest absolute Gasteiger partial charge is 0.381 e. The summed E-state index contributed by atoms with van der Waals surface area (Å²) in [6, 6.07) is 8.67. The van der Waals surface area contributed by atoms with Crippen LogP contribution in [-0.4, -0.2) is 49.5 Å². The van der Waals surface area contributed by atoms with Gasteiger partial charge in [0.05, 0.1) is 11.1 Å². The second-order valence-electron chi connectivity index (χ2n) is 7.53. The molecule has 1 amide bonds. The first-order valence-corrected chi connectivity index (χ1v) is 10.1. The molecule has 0 bridgehead atoms. The summed E-state index contributed by atoms with van der Waals surface area (Å²) in [5, 5.41) is 7.43. The van der Waals surface area contributed by atoms with Crippen molar-refractivity contribution < 1.29 is 13.9 Å². The molecule has 4 aromatic rings. The van der Waals surface area contributed by atoms with Gasteiger partial charge < -0.3 is 14.6 Å². The van der Waals surface area contributed by atoms with Gasteiger partial charge in [0, 0.05) is 43.6 Å². The molecule has 0 radical (unpaired) electrons. The summed E-state index contributed by atoms with van der Waals surface area (Å²) in [6.07, 6.45) is 8.00. The number of rotatable bonds is 5. The highest BCUT2D eigenvalue weighted by atomic mass is 19.1. The first-order chi connectivity index (χ1) is 15.2. The van der Waals surface area contributed by atoms with Gasteiger partial charge in [0.1, 0.15) is 18.5 Å². The zero-order valence-corrected chi connectivity index (χ0v) is 16.7. The number of amides is 1. The van der Waals surface area contributed by atoms with Crippen molar-refractivity contribution in [2.24, 2.45) is 0 Å². The van der Waals surface area contributed by atoms with Gasteiger partial charge in [-0.25, -0.2) is 19.0 Å². The van der Waals surface area contributed by atoms with Crippen molar-refractivity contribution in [1.29, 1.82) is 0 Å². The molecule has 1 N–H and O–H groups in total. The van der Waals surface area contributed by atoms with Crippen molar-refractivity contribution in [3.05, 3.63) is 72.3 Å². The topological polar surface area (TPSA) is 86.9 Å². The molecular formula is C22H21FN6O2. The number of nitrogens with one attached hydrogen (secondary N) is 1. The van der Waals surface area contributed by atoms with Gasteiger partial charge in [-0.2, -0.15) is 5.10 Å². The van der Waals surface area contributed by atoms with Crippen molar-refractivity contribution in [1.82, 2.24) is 29.6 Å². The zero-order chi connectivity index (χ0) is 21.2. The van der Waals surface area contributed by atoms with E-state index < -0.39 is 5.82 Å². The summed E-state index contributed by atoms with van der Waals surface area (Å²) < 4.78 is 23.5. The van der Waals surface area contributed by atoms with E-state index in [2.05, 4.69) is 20.4 Å². The number of hydrogen-bond acceptors (Lipinski definition) is 5. The van der Waals surface area contributed by atoms with Crippen LogP contribution in [0.5, 0.6) is 0 Å². The Balaban J connectivity index is 1.43. The molecular weight excluding hydrogens is 399 g/mol. The molecule has 1 saturated heterocycles. The lowest BCUT2D eigenvalue weighted by atomic mass is 10.1. The Labute approximate surface area is 177 Å². The highest BCUT2D eigenvalue weighted by Crippen LogP contribution is 2.26. The molecule has 1 fully saturated rings. The second kappa shape index (κ2) is 8.27. The number of halogens is 1. The first kappa shape index (κ1) is 19.4. The van der Waals surface area contributed by atoms with E-state index in [4.69, 9.17) is 4.74 Å². The summed E-state index contributed by atoms with van der Waals surface area (Å²) in [5.74, 6) is -0.0189. The predicted molar refractivity (Wildman–Crippen MR) is 111 cm³/mol. The number of fused-ring (bicyclic) bond motifs is 1. The van der Waals surface area contributed by atoms with E-state index in [-0.39, 0.29) is 11.9 Å². The van der Waals surface area contributed by atoms with Crippen LogP contribution < -0.4 is 5.32 Å². The second-order valence-corrected chi connectivity index (χ2v) is 7.53. The molecule has 4 heterocycles. The van der Waals surface area contributed by atoms with Gasteiger partial charge in [-0.15, -0.1) is 0 Å². The Bertz CT molecular complexity index is 1200. The predicted octanol–water partition coefficient (Wildman–Crippen LogP) is 2.71. The normalized spacial score (nSPS) is 14.7. The number of aromatic nitrogens is 5. The Morgan fingerprint density at radius 2 is 2.10 bits per heavy atom. The first-order valence-electron chi connectivity index (χ1n) is 10.1. The molecule has 1 aliphatic rings. The Kier molecular flexibility index (Phi) is 5.17. The number of benzene rings is 1. The molecule has 1 aliphatic heterocycles. The van der Waals surface area contributed by atoms with Crippen molar-refractivity contribution in [2.75, 3.05) is 13.2 Å². The van der Waals surface area contributed by atoms with Crippen LogP contribution in [0.15, 0.2) is 55.4 Å². The van der Waals surface area contributed by atoms with E-state index in [1.807, 2.05) is 22.8 Å².